The number of aryl methyl sites for hydroxylation is 2. The minimum atomic E-state index is 0.208. The Hall–Kier alpha value is -2.35. The first kappa shape index (κ1) is 11.1. The van der Waals surface area contributed by atoms with E-state index in [2.05, 4.69) is 10.1 Å². The van der Waals surface area contributed by atoms with E-state index in [0.717, 1.165) is 12.2 Å². The zero-order chi connectivity index (χ0) is 12.1. The normalized spacial score (nSPS) is 9.88. The Balaban J connectivity index is 1.95. The lowest BCUT2D eigenvalue weighted by Crippen LogP contribution is -2.02. The molecule has 0 atom stereocenters. The Morgan fingerprint density at radius 2 is 2.12 bits per heavy atom. The number of methoxy groups -OCH3 is 1. The van der Waals surface area contributed by atoms with Crippen LogP contribution >= 0.6 is 0 Å². The molecular weight excluding hydrogens is 216 g/mol. The Bertz CT molecular complexity index is 524. The highest BCUT2D eigenvalue weighted by atomic mass is 16.5. The maximum absolute atomic E-state index is 8.59. The first-order valence-corrected chi connectivity index (χ1v) is 5.24. The predicted molar refractivity (Wildman–Crippen MR) is 61.4 cm³/mol. The van der Waals surface area contributed by atoms with Crippen LogP contribution in [0.4, 0.5) is 0 Å². The summed E-state index contributed by atoms with van der Waals surface area (Å²) in [5, 5.41) is 12.6. The van der Waals surface area contributed by atoms with Crippen LogP contribution in [-0.4, -0.2) is 21.9 Å². The zero-order valence-corrected chi connectivity index (χ0v) is 9.50. The van der Waals surface area contributed by atoms with Gasteiger partial charge in [0, 0.05) is 6.54 Å². The third kappa shape index (κ3) is 2.82. The van der Waals surface area contributed by atoms with Gasteiger partial charge in [0.1, 0.15) is 18.1 Å². The highest BCUT2D eigenvalue weighted by Gasteiger charge is 1.99. The van der Waals surface area contributed by atoms with Gasteiger partial charge in [-0.2, -0.15) is 5.26 Å². The summed E-state index contributed by atoms with van der Waals surface area (Å²) in [6.07, 6.45) is 2.42. The lowest BCUT2D eigenvalue weighted by Gasteiger charge is -2.03. The van der Waals surface area contributed by atoms with Crippen molar-refractivity contribution in [3.63, 3.8) is 0 Å². The van der Waals surface area contributed by atoms with E-state index in [1.54, 1.807) is 18.1 Å². The molecule has 1 heterocycles. The number of nitrogens with zero attached hydrogens (tertiary/aromatic N) is 4. The molecule has 0 aliphatic carbocycles. The number of rotatable bonds is 4. The van der Waals surface area contributed by atoms with Crippen molar-refractivity contribution in [1.29, 1.82) is 5.26 Å². The second-order valence-electron chi connectivity index (χ2n) is 3.54. The van der Waals surface area contributed by atoms with Gasteiger partial charge in [-0.1, -0.05) is 12.1 Å². The third-order valence-corrected chi connectivity index (χ3v) is 2.43. The molecule has 2 aromatic rings. The molecule has 5 nitrogen and oxygen atoms in total. The Morgan fingerprint density at radius 3 is 2.71 bits per heavy atom. The number of benzene rings is 1. The first-order chi connectivity index (χ1) is 8.31. The molecule has 1 aromatic heterocycles. The quantitative estimate of drug-likeness (QED) is 0.793. The molecular formula is C12H12N4O. The number of ether oxygens (including phenoxy) is 1. The zero-order valence-electron chi connectivity index (χ0n) is 9.50. The summed E-state index contributed by atoms with van der Waals surface area (Å²) in [7, 11) is 1.65. The summed E-state index contributed by atoms with van der Waals surface area (Å²) in [4.78, 5) is 3.85. The summed E-state index contributed by atoms with van der Waals surface area (Å²) in [5.41, 5.74) is 1.19. The molecule has 1 aromatic carbocycles. The van der Waals surface area contributed by atoms with Gasteiger partial charge in [0.15, 0.2) is 0 Å². The van der Waals surface area contributed by atoms with Crippen molar-refractivity contribution < 1.29 is 4.74 Å². The topological polar surface area (TPSA) is 63.7 Å². The van der Waals surface area contributed by atoms with Gasteiger partial charge in [0.2, 0.25) is 0 Å². The van der Waals surface area contributed by atoms with Gasteiger partial charge in [-0.05, 0) is 24.1 Å². The lowest BCUT2D eigenvalue weighted by atomic mass is 10.1. The van der Waals surface area contributed by atoms with Crippen molar-refractivity contribution in [3.05, 3.63) is 42.0 Å². The summed E-state index contributed by atoms with van der Waals surface area (Å²) in [6.45, 7) is 0.709. The predicted octanol–water partition coefficient (Wildman–Crippen LogP) is 1.40. The molecule has 5 heteroatoms. The van der Waals surface area contributed by atoms with E-state index < -0.39 is 0 Å². The van der Waals surface area contributed by atoms with E-state index in [1.807, 2.05) is 30.3 Å². The summed E-state index contributed by atoms with van der Waals surface area (Å²) in [6, 6.07) is 9.79. The average molecular weight is 228 g/mol. The SMILES string of the molecule is COc1ccc(CCn2cnc(C#N)n2)cc1. The molecule has 0 fully saturated rings. The summed E-state index contributed by atoms with van der Waals surface area (Å²) in [5.74, 6) is 1.06. The van der Waals surface area contributed by atoms with E-state index >= 15 is 0 Å². The van der Waals surface area contributed by atoms with Crippen LogP contribution in [0.25, 0.3) is 0 Å². The Labute approximate surface area is 99.3 Å². The molecule has 0 spiro atoms. The van der Waals surface area contributed by atoms with Crippen LogP contribution in [0.2, 0.25) is 0 Å². The molecule has 86 valence electrons. The van der Waals surface area contributed by atoms with E-state index in [9.17, 15) is 0 Å². The van der Waals surface area contributed by atoms with E-state index in [-0.39, 0.29) is 5.82 Å². The van der Waals surface area contributed by atoms with E-state index in [1.165, 1.54) is 5.56 Å². The van der Waals surface area contributed by atoms with E-state index in [0.29, 0.717) is 6.54 Å². The second kappa shape index (κ2) is 5.12. The molecule has 0 radical (unpaired) electrons. The Kier molecular flexibility index (Phi) is 3.36. The van der Waals surface area contributed by atoms with Crippen molar-refractivity contribution in [2.75, 3.05) is 7.11 Å². The van der Waals surface area contributed by atoms with Crippen molar-refractivity contribution in [1.82, 2.24) is 14.8 Å². The van der Waals surface area contributed by atoms with Gasteiger partial charge in [-0.15, -0.1) is 5.10 Å². The minimum Gasteiger partial charge on any atom is -0.497 e. The maximum Gasteiger partial charge on any atom is 0.252 e. The molecule has 0 aliphatic heterocycles. The van der Waals surface area contributed by atoms with Crippen LogP contribution in [-0.2, 0) is 13.0 Å². The Morgan fingerprint density at radius 1 is 1.35 bits per heavy atom. The van der Waals surface area contributed by atoms with Crippen LogP contribution in [0.3, 0.4) is 0 Å². The van der Waals surface area contributed by atoms with Crippen LogP contribution in [0.15, 0.2) is 30.6 Å². The van der Waals surface area contributed by atoms with Gasteiger partial charge in [-0.3, -0.25) is 4.68 Å². The monoisotopic (exact) mass is 228 g/mol. The molecule has 17 heavy (non-hydrogen) atoms. The molecule has 0 aliphatic rings. The van der Waals surface area contributed by atoms with Crippen molar-refractivity contribution in [2.45, 2.75) is 13.0 Å². The maximum atomic E-state index is 8.59. The fourth-order valence-corrected chi connectivity index (χ4v) is 1.49. The minimum absolute atomic E-state index is 0.208. The molecule has 0 bridgehead atoms. The molecule has 0 N–H and O–H groups in total. The largest absolute Gasteiger partial charge is 0.497 e. The number of aromatic nitrogens is 3. The van der Waals surface area contributed by atoms with Crippen LogP contribution in [0.1, 0.15) is 11.4 Å². The van der Waals surface area contributed by atoms with E-state index in [4.69, 9.17) is 10.00 Å². The van der Waals surface area contributed by atoms with Gasteiger partial charge >= 0.3 is 0 Å². The van der Waals surface area contributed by atoms with Gasteiger partial charge < -0.3 is 4.74 Å². The van der Waals surface area contributed by atoms with Crippen molar-refractivity contribution >= 4 is 0 Å². The first-order valence-electron chi connectivity index (χ1n) is 5.24. The highest BCUT2D eigenvalue weighted by molar-refractivity contribution is 5.27. The van der Waals surface area contributed by atoms with Crippen LogP contribution in [0.5, 0.6) is 5.75 Å². The fraction of sp³-hybridized carbons (Fsp3) is 0.250. The van der Waals surface area contributed by atoms with Gasteiger partial charge in [0.25, 0.3) is 5.82 Å². The second-order valence-corrected chi connectivity index (χ2v) is 3.54. The number of hydrogen-bond acceptors (Lipinski definition) is 4. The average Bonchev–Trinajstić information content (AvgIpc) is 2.85. The smallest absolute Gasteiger partial charge is 0.252 e. The molecule has 0 saturated heterocycles. The molecule has 0 amide bonds. The number of nitriles is 1. The lowest BCUT2D eigenvalue weighted by molar-refractivity contribution is 0.414. The standard InChI is InChI=1S/C12H12N4O/c1-17-11-4-2-10(3-5-11)6-7-16-9-14-12(8-13)15-16/h2-5,9H,6-7H2,1H3. The molecule has 0 saturated carbocycles. The van der Waals surface area contributed by atoms with Crippen LogP contribution < -0.4 is 4.74 Å². The van der Waals surface area contributed by atoms with Crippen LogP contribution in [0, 0.1) is 11.3 Å². The third-order valence-electron chi connectivity index (χ3n) is 2.43. The summed E-state index contributed by atoms with van der Waals surface area (Å²) < 4.78 is 6.76. The number of hydrogen-bond donors (Lipinski definition) is 0. The van der Waals surface area contributed by atoms with Gasteiger partial charge in [0.05, 0.1) is 7.11 Å². The fourth-order valence-electron chi connectivity index (χ4n) is 1.49. The highest BCUT2D eigenvalue weighted by Crippen LogP contribution is 2.11. The van der Waals surface area contributed by atoms with Gasteiger partial charge in [-0.25, -0.2) is 4.98 Å². The molecule has 0 unspecified atom stereocenters. The molecule has 2 rings (SSSR count). The summed E-state index contributed by atoms with van der Waals surface area (Å²) >= 11 is 0. The van der Waals surface area contributed by atoms with Crippen molar-refractivity contribution in [3.8, 4) is 11.8 Å². The van der Waals surface area contributed by atoms with Crippen molar-refractivity contribution in [2.24, 2.45) is 0 Å².